The van der Waals surface area contributed by atoms with Gasteiger partial charge in [-0.3, -0.25) is 4.79 Å². The van der Waals surface area contributed by atoms with Crippen LogP contribution in [0.5, 0.6) is 0 Å². The molecular formula is C15H20O3. The third-order valence-corrected chi connectivity index (χ3v) is 2.79. The van der Waals surface area contributed by atoms with E-state index in [0.29, 0.717) is 5.56 Å². The minimum atomic E-state index is -1.58. The van der Waals surface area contributed by atoms with Crippen LogP contribution in [0.25, 0.3) is 0 Å². The van der Waals surface area contributed by atoms with Crippen LogP contribution in [-0.4, -0.2) is 21.6 Å². The third-order valence-electron chi connectivity index (χ3n) is 2.79. The molecule has 2 N–H and O–H groups in total. The Morgan fingerprint density at radius 3 is 2.22 bits per heavy atom. The van der Waals surface area contributed by atoms with Gasteiger partial charge < -0.3 is 10.2 Å². The molecule has 18 heavy (non-hydrogen) atoms. The fraction of sp³-hybridized carbons (Fsp3) is 0.400. The first-order valence-electron chi connectivity index (χ1n) is 5.89. The van der Waals surface area contributed by atoms with Gasteiger partial charge in [0, 0.05) is 0 Å². The molecule has 1 rings (SSSR count). The van der Waals surface area contributed by atoms with Crippen LogP contribution in [0.2, 0.25) is 0 Å². The number of aryl methyl sites for hydroxylation is 1. The highest BCUT2D eigenvalue weighted by molar-refractivity contribution is 5.97. The van der Waals surface area contributed by atoms with E-state index in [4.69, 9.17) is 0 Å². The van der Waals surface area contributed by atoms with E-state index in [2.05, 4.69) is 0 Å². The van der Waals surface area contributed by atoms with Crippen molar-refractivity contribution in [3.05, 3.63) is 47.5 Å². The second-order valence-corrected chi connectivity index (χ2v) is 5.24. The molecule has 1 aromatic rings. The number of benzene rings is 1. The topological polar surface area (TPSA) is 57.5 Å². The molecule has 1 aromatic carbocycles. The van der Waals surface area contributed by atoms with Crippen molar-refractivity contribution < 1.29 is 15.0 Å². The number of carbonyl (C=O) groups is 1. The zero-order chi connectivity index (χ0) is 14.0. The van der Waals surface area contributed by atoms with Gasteiger partial charge in [-0.25, -0.2) is 0 Å². The summed E-state index contributed by atoms with van der Waals surface area (Å²) >= 11 is 0. The van der Waals surface area contributed by atoms with Crippen LogP contribution < -0.4 is 0 Å². The summed E-state index contributed by atoms with van der Waals surface area (Å²) in [7, 11) is 0. The first kappa shape index (κ1) is 14.6. The molecule has 0 heterocycles. The zero-order valence-electron chi connectivity index (χ0n) is 11.3. The molecule has 0 radical (unpaired) electrons. The monoisotopic (exact) mass is 248 g/mol. The van der Waals surface area contributed by atoms with Crippen LogP contribution in [0.15, 0.2) is 36.4 Å². The summed E-state index contributed by atoms with van der Waals surface area (Å²) in [5.74, 6) is -0.445. The second-order valence-electron chi connectivity index (χ2n) is 5.24. The Morgan fingerprint density at radius 1 is 1.17 bits per heavy atom. The van der Waals surface area contributed by atoms with Crippen molar-refractivity contribution in [1.82, 2.24) is 0 Å². The van der Waals surface area contributed by atoms with Gasteiger partial charge in [-0.1, -0.05) is 30.3 Å². The third kappa shape index (κ3) is 3.52. The number of ketones is 1. The van der Waals surface area contributed by atoms with Crippen molar-refractivity contribution in [2.75, 3.05) is 0 Å². The molecule has 0 aliphatic heterocycles. The van der Waals surface area contributed by atoms with Gasteiger partial charge in [0.1, 0.15) is 5.60 Å². The Hall–Kier alpha value is -1.45. The van der Waals surface area contributed by atoms with E-state index in [1.807, 2.05) is 19.1 Å². The van der Waals surface area contributed by atoms with Gasteiger partial charge in [0.2, 0.25) is 0 Å². The Morgan fingerprint density at radius 2 is 1.72 bits per heavy atom. The smallest absolute Gasteiger partial charge is 0.191 e. The Labute approximate surface area is 108 Å². The summed E-state index contributed by atoms with van der Waals surface area (Å²) < 4.78 is 0. The Balaban J connectivity index is 3.04. The summed E-state index contributed by atoms with van der Waals surface area (Å²) in [6.45, 7) is 6.45. The van der Waals surface area contributed by atoms with Gasteiger partial charge in [-0.2, -0.15) is 0 Å². The number of carbonyl (C=O) groups excluding carboxylic acids is 1. The van der Waals surface area contributed by atoms with Crippen molar-refractivity contribution in [2.45, 2.75) is 38.9 Å². The molecule has 0 bridgehead atoms. The van der Waals surface area contributed by atoms with Gasteiger partial charge in [-0.15, -0.1) is 0 Å². The van der Waals surface area contributed by atoms with Crippen molar-refractivity contribution in [2.24, 2.45) is 0 Å². The summed E-state index contributed by atoms with van der Waals surface area (Å²) in [6, 6.07) is 7.21. The summed E-state index contributed by atoms with van der Waals surface area (Å²) in [5, 5.41) is 19.9. The van der Waals surface area contributed by atoms with Crippen LogP contribution in [0.3, 0.4) is 0 Å². The quantitative estimate of drug-likeness (QED) is 0.802. The highest BCUT2D eigenvalue weighted by Gasteiger charge is 2.31. The molecule has 0 aliphatic rings. The van der Waals surface area contributed by atoms with Crippen molar-refractivity contribution >= 4 is 5.78 Å². The first-order chi connectivity index (χ1) is 8.14. The fourth-order valence-corrected chi connectivity index (χ4v) is 1.69. The molecule has 1 unspecified atom stereocenters. The van der Waals surface area contributed by atoms with E-state index < -0.39 is 17.0 Å². The van der Waals surface area contributed by atoms with E-state index >= 15 is 0 Å². The Bertz CT molecular complexity index is 465. The van der Waals surface area contributed by atoms with Gasteiger partial charge in [0.15, 0.2) is 5.78 Å². The van der Waals surface area contributed by atoms with Gasteiger partial charge >= 0.3 is 0 Å². The number of rotatable bonds is 4. The van der Waals surface area contributed by atoms with Gasteiger partial charge in [-0.05, 0) is 44.9 Å². The van der Waals surface area contributed by atoms with Crippen LogP contribution >= 0.6 is 0 Å². The number of hydrogen-bond donors (Lipinski definition) is 2. The van der Waals surface area contributed by atoms with E-state index in [9.17, 15) is 15.0 Å². The molecule has 3 heteroatoms. The van der Waals surface area contributed by atoms with Crippen molar-refractivity contribution in [1.29, 1.82) is 0 Å². The number of aliphatic hydroxyl groups is 2. The summed E-state index contributed by atoms with van der Waals surface area (Å²) in [6.07, 6.45) is 2.61. The molecule has 0 aliphatic carbocycles. The lowest BCUT2D eigenvalue weighted by molar-refractivity contribution is -0.131. The van der Waals surface area contributed by atoms with Crippen molar-refractivity contribution in [3.63, 3.8) is 0 Å². The van der Waals surface area contributed by atoms with Crippen LogP contribution in [0, 0.1) is 6.92 Å². The molecule has 0 saturated carbocycles. The predicted octanol–water partition coefficient (Wildman–Crippen LogP) is 2.10. The largest absolute Gasteiger partial charge is 0.386 e. The van der Waals surface area contributed by atoms with E-state index in [1.165, 1.54) is 19.1 Å². The van der Waals surface area contributed by atoms with Crippen LogP contribution in [0.1, 0.15) is 31.9 Å². The molecular weight excluding hydrogens is 228 g/mol. The molecule has 0 saturated heterocycles. The SMILES string of the molecule is Cc1ccccc1C(C)(O)C(=O)/C=C/C(C)(C)O. The maximum Gasteiger partial charge on any atom is 0.191 e. The van der Waals surface area contributed by atoms with E-state index in [1.54, 1.807) is 26.0 Å². The highest BCUT2D eigenvalue weighted by Crippen LogP contribution is 2.25. The predicted molar refractivity (Wildman–Crippen MR) is 71.2 cm³/mol. The van der Waals surface area contributed by atoms with Crippen LogP contribution in [-0.2, 0) is 10.4 Å². The molecule has 98 valence electrons. The second kappa shape index (κ2) is 5.04. The lowest BCUT2D eigenvalue weighted by Gasteiger charge is -2.23. The van der Waals surface area contributed by atoms with E-state index in [0.717, 1.165) is 5.56 Å². The molecule has 0 aromatic heterocycles. The first-order valence-corrected chi connectivity index (χ1v) is 5.89. The van der Waals surface area contributed by atoms with Gasteiger partial charge in [0.05, 0.1) is 5.60 Å². The Kier molecular flexibility index (Phi) is 4.09. The minimum absolute atomic E-state index is 0.445. The maximum absolute atomic E-state index is 12.0. The number of hydrogen-bond acceptors (Lipinski definition) is 3. The standard InChI is InChI=1S/C15H20O3/c1-11-7-5-6-8-12(11)15(4,18)13(16)9-10-14(2,3)17/h5-10,17-18H,1-4H3/b10-9+. The van der Waals surface area contributed by atoms with Gasteiger partial charge in [0.25, 0.3) is 0 Å². The van der Waals surface area contributed by atoms with Crippen LogP contribution in [0.4, 0.5) is 0 Å². The fourth-order valence-electron chi connectivity index (χ4n) is 1.69. The molecule has 0 fully saturated rings. The summed E-state index contributed by atoms with van der Waals surface area (Å²) in [5.41, 5.74) is -1.22. The average molecular weight is 248 g/mol. The van der Waals surface area contributed by atoms with Crippen molar-refractivity contribution in [3.8, 4) is 0 Å². The zero-order valence-corrected chi connectivity index (χ0v) is 11.3. The summed E-state index contributed by atoms with van der Waals surface area (Å²) in [4.78, 5) is 12.0. The lowest BCUT2D eigenvalue weighted by Crippen LogP contribution is -2.32. The molecule has 1 atom stereocenters. The van der Waals surface area contributed by atoms with E-state index in [-0.39, 0.29) is 0 Å². The molecule has 0 amide bonds. The average Bonchev–Trinajstić information content (AvgIpc) is 2.25. The maximum atomic E-state index is 12.0. The molecule has 3 nitrogen and oxygen atoms in total. The minimum Gasteiger partial charge on any atom is -0.386 e. The molecule has 0 spiro atoms. The lowest BCUT2D eigenvalue weighted by atomic mass is 9.87. The highest BCUT2D eigenvalue weighted by atomic mass is 16.3. The normalized spacial score (nSPS) is 15.7.